The molecule has 0 bridgehead atoms. The summed E-state index contributed by atoms with van der Waals surface area (Å²) in [6.07, 6.45) is 2.36. The quantitative estimate of drug-likeness (QED) is 0.708. The fourth-order valence-electron chi connectivity index (χ4n) is 1.80. The molecule has 19 heavy (non-hydrogen) atoms. The van der Waals surface area contributed by atoms with Crippen LogP contribution in [0.4, 0.5) is 0 Å². The van der Waals surface area contributed by atoms with Gasteiger partial charge in [-0.2, -0.15) is 0 Å². The fourth-order valence-corrected chi connectivity index (χ4v) is 1.80. The second-order valence-corrected chi connectivity index (χ2v) is 4.62. The minimum Gasteiger partial charge on any atom is -0.508 e. The molecule has 0 aliphatic carbocycles. The predicted octanol–water partition coefficient (Wildman–Crippen LogP) is 2.26. The van der Waals surface area contributed by atoms with Gasteiger partial charge in [-0.15, -0.1) is 0 Å². The Morgan fingerprint density at radius 2 is 2.05 bits per heavy atom. The maximum Gasteiger partial charge on any atom is 0.307 e. The Morgan fingerprint density at radius 1 is 1.37 bits per heavy atom. The fraction of sp³-hybridized carbons (Fsp3) is 0.533. The van der Waals surface area contributed by atoms with Gasteiger partial charge in [0.05, 0.1) is 13.0 Å². The number of ether oxygens (including phenoxy) is 1. The van der Waals surface area contributed by atoms with Crippen LogP contribution in [0.1, 0.15) is 32.3 Å². The Hall–Kier alpha value is -1.55. The lowest BCUT2D eigenvalue weighted by Crippen LogP contribution is -2.29. The first kappa shape index (κ1) is 15.5. The normalized spacial score (nSPS) is 12.1. The van der Waals surface area contributed by atoms with Crippen molar-refractivity contribution in [3.8, 4) is 5.75 Å². The topological polar surface area (TPSA) is 58.6 Å². The van der Waals surface area contributed by atoms with Crippen LogP contribution in [0.15, 0.2) is 24.3 Å². The Labute approximate surface area is 114 Å². The van der Waals surface area contributed by atoms with Crippen molar-refractivity contribution in [3.05, 3.63) is 29.8 Å². The molecule has 0 heterocycles. The molecule has 4 heteroatoms. The second-order valence-electron chi connectivity index (χ2n) is 4.62. The lowest BCUT2D eigenvalue weighted by atomic mass is 10.1. The summed E-state index contributed by atoms with van der Waals surface area (Å²) in [7, 11) is 0. The van der Waals surface area contributed by atoms with E-state index in [1.165, 1.54) is 5.56 Å². The molecular formula is C15H23NO3. The van der Waals surface area contributed by atoms with Gasteiger partial charge in [-0.3, -0.25) is 4.79 Å². The molecule has 0 saturated heterocycles. The third-order valence-electron chi connectivity index (χ3n) is 2.93. The van der Waals surface area contributed by atoms with E-state index in [1.54, 1.807) is 12.1 Å². The molecule has 0 amide bonds. The molecule has 0 aliphatic rings. The number of hydrogen-bond acceptors (Lipinski definition) is 4. The number of phenols is 1. The van der Waals surface area contributed by atoms with Crippen molar-refractivity contribution in [2.75, 3.05) is 13.2 Å². The Kier molecular flexibility index (Phi) is 6.97. The predicted molar refractivity (Wildman–Crippen MR) is 75.1 cm³/mol. The van der Waals surface area contributed by atoms with Crippen LogP contribution < -0.4 is 5.32 Å². The second kappa shape index (κ2) is 8.53. The average molecular weight is 265 g/mol. The number of esters is 1. The van der Waals surface area contributed by atoms with Crippen molar-refractivity contribution in [1.82, 2.24) is 5.32 Å². The van der Waals surface area contributed by atoms with Gasteiger partial charge < -0.3 is 15.2 Å². The average Bonchev–Trinajstić information content (AvgIpc) is 2.38. The first-order valence-electron chi connectivity index (χ1n) is 6.78. The van der Waals surface area contributed by atoms with E-state index < -0.39 is 0 Å². The molecule has 1 aromatic rings. The zero-order valence-electron chi connectivity index (χ0n) is 11.7. The molecule has 0 aromatic heterocycles. The highest BCUT2D eigenvalue weighted by Gasteiger charge is 2.05. The maximum absolute atomic E-state index is 11.1. The van der Waals surface area contributed by atoms with E-state index in [9.17, 15) is 9.90 Å². The lowest BCUT2D eigenvalue weighted by Gasteiger charge is -2.13. The molecule has 1 aromatic carbocycles. The highest BCUT2D eigenvalue weighted by Crippen LogP contribution is 2.11. The summed E-state index contributed by atoms with van der Waals surface area (Å²) in [5.74, 6) is 0.144. The van der Waals surface area contributed by atoms with Gasteiger partial charge in [0.2, 0.25) is 0 Å². The van der Waals surface area contributed by atoms with Crippen molar-refractivity contribution in [3.63, 3.8) is 0 Å². The zero-order chi connectivity index (χ0) is 14.1. The summed E-state index contributed by atoms with van der Waals surface area (Å²) in [4.78, 5) is 11.1. The number of carbonyl (C=O) groups is 1. The van der Waals surface area contributed by atoms with Crippen LogP contribution in [0.5, 0.6) is 5.75 Å². The summed E-state index contributed by atoms with van der Waals surface area (Å²) < 4.78 is 4.86. The number of benzene rings is 1. The van der Waals surface area contributed by atoms with Gasteiger partial charge in [0.1, 0.15) is 5.75 Å². The van der Waals surface area contributed by atoms with Crippen molar-refractivity contribution in [2.24, 2.45) is 0 Å². The van der Waals surface area contributed by atoms with Gasteiger partial charge in [-0.05, 0) is 44.4 Å². The number of phenolic OH excluding ortho intramolecular Hbond substituents is 1. The molecule has 106 valence electrons. The molecule has 0 fully saturated rings. The highest BCUT2D eigenvalue weighted by atomic mass is 16.5. The van der Waals surface area contributed by atoms with Crippen molar-refractivity contribution < 1.29 is 14.6 Å². The third-order valence-corrected chi connectivity index (χ3v) is 2.93. The van der Waals surface area contributed by atoms with Gasteiger partial charge in [-0.1, -0.05) is 12.1 Å². The number of nitrogens with one attached hydrogen (secondary N) is 1. The number of rotatable bonds is 8. The highest BCUT2D eigenvalue weighted by molar-refractivity contribution is 5.69. The first-order valence-corrected chi connectivity index (χ1v) is 6.78. The molecule has 2 N–H and O–H groups in total. The number of carbonyl (C=O) groups excluding carboxylic acids is 1. The van der Waals surface area contributed by atoms with Crippen molar-refractivity contribution in [2.45, 2.75) is 39.2 Å². The summed E-state index contributed by atoms with van der Waals surface area (Å²) in [5.41, 5.74) is 1.21. The number of aryl methyl sites for hydroxylation is 1. The SMILES string of the molecule is CCOC(=O)CCNC(C)CCc1ccc(O)cc1. The standard InChI is InChI=1S/C15H23NO3/c1-3-19-15(18)10-11-16-12(2)4-5-13-6-8-14(17)9-7-13/h6-9,12,16-17H,3-5,10-11H2,1-2H3. The minimum atomic E-state index is -0.152. The molecule has 0 radical (unpaired) electrons. The van der Waals surface area contributed by atoms with Crippen LogP contribution in [-0.4, -0.2) is 30.3 Å². The van der Waals surface area contributed by atoms with Crippen LogP contribution in [0, 0.1) is 0 Å². The van der Waals surface area contributed by atoms with E-state index in [-0.39, 0.29) is 5.97 Å². The summed E-state index contributed by atoms with van der Waals surface area (Å²) >= 11 is 0. The van der Waals surface area contributed by atoms with E-state index in [2.05, 4.69) is 12.2 Å². The van der Waals surface area contributed by atoms with Crippen molar-refractivity contribution >= 4 is 5.97 Å². The smallest absolute Gasteiger partial charge is 0.307 e. The van der Waals surface area contributed by atoms with Gasteiger partial charge in [0, 0.05) is 12.6 Å². The molecule has 1 unspecified atom stereocenters. The molecule has 1 rings (SSSR count). The number of hydrogen-bond donors (Lipinski definition) is 2. The van der Waals surface area contributed by atoms with Crippen LogP contribution in [0.25, 0.3) is 0 Å². The van der Waals surface area contributed by atoms with E-state index >= 15 is 0 Å². The zero-order valence-corrected chi connectivity index (χ0v) is 11.7. The Morgan fingerprint density at radius 3 is 2.68 bits per heavy atom. The molecule has 1 atom stereocenters. The summed E-state index contributed by atoms with van der Waals surface area (Å²) in [6, 6.07) is 7.62. The van der Waals surface area contributed by atoms with Gasteiger partial charge in [0.25, 0.3) is 0 Å². The van der Waals surface area contributed by atoms with E-state index in [0.717, 1.165) is 12.8 Å². The third kappa shape index (κ3) is 6.82. The molecular weight excluding hydrogens is 242 g/mol. The molecule has 4 nitrogen and oxygen atoms in total. The minimum absolute atomic E-state index is 0.152. The lowest BCUT2D eigenvalue weighted by molar-refractivity contribution is -0.142. The molecule has 0 aliphatic heterocycles. The Bertz CT molecular complexity index is 375. The van der Waals surface area contributed by atoms with Gasteiger partial charge in [0.15, 0.2) is 0 Å². The monoisotopic (exact) mass is 265 g/mol. The maximum atomic E-state index is 11.1. The van der Waals surface area contributed by atoms with Crippen LogP contribution >= 0.6 is 0 Å². The van der Waals surface area contributed by atoms with Gasteiger partial charge in [-0.25, -0.2) is 0 Å². The van der Waals surface area contributed by atoms with E-state index in [0.29, 0.717) is 31.4 Å². The van der Waals surface area contributed by atoms with Crippen molar-refractivity contribution in [1.29, 1.82) is 0 Å². The van der Waals surface area contributed by atoms with E-state index in [4.69, 9.17) is 4.74 Å². The Balaban J connectivity index is 2.15. The summed E-state index contributed by atoms with van der Waals surface area (Å²) in [6.45, 7) is 5.00. The first-order chi connectivity index (χ1) is 9.11. The van der Waals surface area contributed by atoms with Gasteiger partial charge >= 0.3 is 5.97 Å². The van der Waals surface area contributed by atoms with E-state index in [1.807, 2.05) is 19.1 Å². The molecule has 0 spiro atoms. The largest absolute Gasteiger partial charge is 0.508 e. The molecule has 0 saturated carbocycles. The van der Waals surface area contributed by atoms with Crippen LogP contribution in [-0.2, 0) is 16.0 Å². The summed E-state index contributed by atoms with van der Waals surface area (Å²) in [5, 5.41) is 12.5. The van der Waals surface area contributed by atoms with Crippen LogP contribution in [0.2, 0.25) is 0 Å². The number of aromatic hydroxyl groups is 1. The van der Waals surface area contributed by atoms with Crippen LogP contribution in [0.3, 0.4) is 0 Å².